The van der Waals surface area contributed by atoms with E-state index in [0.717, 1.165) is 11.0 Å². The molecule has 1 heterocycles. The number of carbonyl (C=O) groups is 3. The highest BCUT2D eigenvalue weighted by molar-refractivity contribution is 9.10. The van der Waals surface area contributed by atoms with Crippen molar-refractivity contribution in [1.29, 1.82) is 0 Å². The zero-order valence-corrected chi connectivity index (χ0v) is 11.4. The van der Waals surface area contributed by atoms with Gasteiger partial charge in [-0.05, 0) is 34.5 Å². The Kier molecular flexibility index (Phi) is 3.80. The Morgan fingerprint density at radius 3 is 2.68 bits per heavy atom. The number of halogens is 1. The van der Waals surface area contributed by atoms with Crippen LogP contribution < -0.4 is 0 Å². The van der Waals surface area contributed by atoms with Crippen LogP contribution in [0.1, 0.15) is 27.1 Å². The van der Waals surface area contributed by atoms with Crippen LogP contribution in [0.3, 0.4) is 0 Å². The van der Waals surface area contributed by atoms with Gasteiger partial charge >= 0.3 is 5.97 Å². The molecular formula is C13H10BrNO4. The van der Waals surface area contributed by atoms with Crippen LogP contribution in [-0.2, 0) is 4.79 Å². The predicted octanol–water partition coefficient (Wildman–Crippen LogP) is 2.08. The van der Waals surface area contributed by atoms with Crippen LogP contribution in [0.25, 0.3) is 0 Å². The fraction of sp³-hybridized carbons (Fsp3) is 0.154. The van der Waals surface area contributed by atoms with Gasteiger partial charge in [-0.25, -0.2) is 4.79 Å². The maximum Gasteiger partial charge on any atom is 0.327 e. The Morgan fingerprint density at radius 1 is 1.32 bits per heavy atom. The molecule has 1 aromatic carbocycles. The van der Waals surface area contributed by atoms with E-state index in [9.17, 15) is 14.4 Å². The van der Waals surface area contributed by atoms with E-state index in [0.29, 0.717) is 22.0 Å². The van der Waals surface area contributed by atoms with E-state index in [-0.39, 0.29) is 18.4 Å². The minimum atomic E-state index is -1.05. The van der Waals surface area contributed by atoms with Crippen LogP contribution >= 0.6 is 15.9 Å². The summed E-state index contributed by atoms with van der Waals surface area (Å²) in [6.45, 7) is 0.169. The number of hydrogen-bond acceptors (Lipinski definition) is 3. The van der Waals surface area contributed by atoms with Crippen LogP contribution in [0.4, 0.5) is 0 Å². The van der Waals surface area contributed by atoms with Gasteiger partial charge in [0.1, 0.15) is 0 Å². The fourth-order valence-electron chi connectivity index (χ4n) is 1.88. The van der Waals surface area contributed by atoms with Gasteiger partial charge in [0.15, 0.2) is 0 Å². The Morgan fingerprint density at radius 2 is 2.05 bits per heavy atom. The molecule has 1 aliphatic rings. The molecule has 2 amide bonds. The smallest absolute Gasteiger partial charge is 0.327 e. The molecular weight excluding hydrogens is 314 g/mol. The molecule has 0 aliphatic carbocycles. The van der Waals surface area contributed by atoms with Gasteiger partial charge in [0.2, 0.25) is 0 Å². The first-order chi connectivity index (χ1) is 9.02. The first kappa shape index (κ1) is 13.5. The lowest BCUT2D eigenvalue weighted by Gasteiger charge is -2.11. The van der Waals surface area contributed by atoms with Gasteiger partial charge in [0.05, 0.1) is 11.1 Å². The Labute approximate surface area is 117 Å². The van der Waals surface area contributed by atoms with Crippen molar-refractivity contribution in [2.75, 3.05) is 6.54 Å². The molecule has 1 N–H and O–H groups in total. The molecule has 0 fully saturated rings. The maximum atomic E-state index is 12.1. The third kappa shape index (κ3) is 2.58. The van der Waals surface area contributed by atoms with Gasteiger partial charge in [-0.2, -0.15) is 0 Å². The molecule has 2 rings (SSSR count). The second-order valence-electron chi connectivity index (χ2n) is 3.95. The average Bonchev–Trinajstić information content (AvgIpc) is 2.59. The number of amides is 2. The molecule has 0 atom stereocenters. The summed E-state index contributed by atoms with van der Waals surface area (Å²) in [7, 11) is 0. The highest BCUT2D eigenvalue weighted by Gasteiger charge is 2.36. The highest BCUT2D eigenvalue weighted by Crippen LogP contribution is 2.29. The van der Waals surface area contributed by atoms with E-state index in [4.69, 9.17) is 5.11 Å². The zero-order valence-electron chi connectivity index (χ0n) is 9.80. The Balaban J connectivity index is 2.15. The second kappa shape index (κ2) is 5.36. The van der Waals surface area contributed by atoms with Crippen molar-refractivity contribution < 1.29 is 19.5 Å². The van der Waals surface area contributed by atoms with E-state index < -0.39 is 5.97 Å². The van der Waals surface area contributed by atoms with Gasteiger partial charge in [-0.15, -0.1) is 0 Å². The van der Waals surface area contributed by atoms with Crippen molar-refractivity contribution in [2.24, 2.45) is 0 Å². The lowest BCUT2D eigenvalue weighted by Crippen LogP contribution is -2.30. The standard InChI is InChI=1S/C13H10BrNO4/c14-9-5-3-4-8-11(9)13(19)15(12(8)18)7-2-1-6-10(16)17/h1,3-6H,2,7H2,(H,16,17). The largest absolute Gasteiger partial charge is 0.478 e. The van der Waals surface area contributed by atoms with Gasteiger partial charge < -0.3 is 5.11 Å². The van der Waals surface area contributed by atoms with Crippen LogP contribution in [0.15, 0.2) is 34.8 Å². The number of hydrogen-bond donors (Lipinski definition) is 1. The third-order valence-electron chi connectivity index (χ3n) is 2.73. The summed E-state index contributed by atoms with van der Waals surface area (Å²) in [5.41, 5.74) is 0.747. The van der Waals surface area contributed by atoms with Crippen molar-refractivity contribution in [3.05, 3.63) is 46.0 Å². The number of rotatable bonds is 4. The Bertz CT molecular complexity index is 594. The molecule has 0 spiro atoms. The van der Waals surface area contributed by atoms with Crippen LogP contribution in [0.5, 0.6) is 0 Å². The SMILES string of the molecule is O=C(O)C=CCCN1C(=O)c2cccc(Br)c2C1=O. The van der Waals surface area contributed by atoms with Crippen molar-refractivity contribution in [3.8, 4) is 0 Å². The number of fused-ring (bicyclic) bond motifs is 1. The first-order valence-electron chi connectivity index (χ1n) is 5.56. The molecule has 0 radical (unpaired) electrons. The molecule has 0 aromatic heterocycles. The van der Waals surface area contributed by atoms with Crippen LogP contribution in [0.2, 0.25) is 0 Å². The van der Waals surface area contributed by atoms with Gasteiger partial charge in [-0.3, -0.25) is 14.5 Å². The molecule has 19 heavy (non-hydrogen) atoms. The molecule has 0 saturated carbocycles. The first-order valence-corrected chi connectivity index (χ1v) is 6.36. The van der Waals surface area contributed by atoms with Gasteiger partial charge in [0.25, 0.3) is 11.8 Å². The normalized spacial score (nSPS) is 14.3. The lowest BCUT2D eigenvalue weighted by molar-refractivity contribution is -0.131. The molecule has 0 bridgehead atoms. The lowest BCUT2D eigenvalue weighted by atomic mass is 10.1. The summed E-state index contributed by atoms with van der Waals surface area (Å²) < 4.78 is 0.590. The van der Waals surface area contributed by atoms with Crippen molar-refractivity contribution in [3.63, 3.8) is 0 Å². The minimum Gasteiger partial charge on any atom is -0.478 e. The number of benzene rings is 1. The number of nitrogens with zero attached hydrogens (tertiary/aromatic N) is 1. The number of carboxylic acids is 1. The Hall–Kier alpha value is -1.95. The van der Waals surface area contributed by atoms with Crippen molar-refractivity contribution >= 4 is 33.7 Å². The summed E-state index contributed by atoms with van der Waals surface area (Å²) in [4.78, 5) is 35.6. The predicted molar refractivity (Wildman–Crippen MR) is 70.9 cm³/mol. The van der Waals surface area contributed by atoms with Crippen molar-refractivity contribution in [2.45, 2.75) is 6.42 Å². The van der Waals surface area contributed by atoms with Gasteiger partial charge in [0, 0.05) is 17.1 Å². The van der Waals surface area contributed by atoms with E-state index in [2.05, 4.69) is 15.9 Å². The molecule has 1 aromatic rings. The number of imide groups is 1. The van der Waals surface area contributed by atoms with Crippen LogP contribution in [-0.4, -0.2) is 34.3 Å². The maximum absolute atomic E-state index is 12.1. The van der Waals surface area contributed by atoms with E-state index in [1.165, 1.54) is 6.08 Å². The summed E-state index contributed by atoms with van der Waals surface area (Å²) in [5.74, 6) is -1.74. The molecule has 5 nitrogen and oxygen atoms in total. The number of carboxylic acid groups (broad SMARTS) is 1. The summed E-state index contributed by atoms with van der Waals surface area (Å²) in [6.07, 6.45) is 2.73. The fourth-order valence-corrected chi connectivity index (χ4v) is 2.42. The molecule has 6 heteroatoms. The second-order valence-corrected chi connectivity index (χ2v) is 4.81. The summed E-state index contributed by atoms with van der Waals surface area (Å²) in [6, 6.07) is 5.01. The third-order valence-corrected chi connectivity index (χ3v) is 3.39. The topological polar surface area (TPSA) is 74.7 Å². The minimum absolute atomic E-state index is 0.169. The van der Waals surface area contributed by atoms with E-state index in [1.54, 1.807) is 18.2 Å². The van der Waals surface area contributed by atoms with E-state index in [1.807, 2.05) is 0 Å². The van der Waals surface area contributed by atoms with Crippen molar-refractivity contribution in [1.82, 2.24) is 4.90 Å². The number of aliphatic carboxylic acids is 1. The highest BCUT2D eigenvalue weighted by atomic mass is 79.9. The van der Waals surface area contributed by atoms with Crippen LogP contribution in [0, 0.1) is 0 Å². The molecule has 0 unspecified atom stereocenters. The zero-order chi connectivity index (χ0) is 14.0. The van der Waals surface area contributed by atoms with Gasteiger partial charge in [-0.1, -0.05) is 12.1 Å². The molecule has 1 aliphatic heterocycles. The van der Waals surface area contributed by atoms with E-state index >= 15 is 0 Å². The molecule has 0 saturated heterocycles. The number of carbonyl (C=O) groups excluding carboxylic acids is 2. The summed E-state index contributed by atoms with van der Waals surface area (Å²) in [5, 5.41) is 8.45. The molecule has 98 valence electrons. The quantitative estimate of drug-likeness (QED) is 0.680. The monoisotopic (exact) mass is 323 g/mol. The summed E-state index contributed by atoms with van der Waals surface area (Å²) >= 11 is 3.25. The average molecular weight is 324 g/mol.